The van der Waals surface area contributed by atoms with Crippen molar-refractivity contribution >= 4 is 5.97 Å². The van der Waals surface area contributed by atoms with Crippen molar-refractivity contribution in [2.75, 3.05) is 0 Å². The molecule has 1 heterocycles. The van der Waals surface area contributed by atoms with Crippen molar-refractivity contribution in [2.24, 2.45) is 0 Å². The van der Waals surface area contributed by atoms with Crippen LogP contribution in [0.1, 0.15) is 18.4 Å². The normalized spacial score (nSPS) is 12.8. The zero-order chi connectivity index (χ0) is 9.84. The van der Waals surface area contributed by atoms with Gasteiger partial charge in [-0.3, -0.25) is 0 Å². The summed E-state index contributed by atoms with van der Waals surface area (Å²) >= 11 is 0. The molecule has 1 unspecified atom stereocenters. The SMILES string of the molecule is Cc1ocnc1COC(C)C(=O)O. The molecule has 0 amide bonds. The highest BCUT2D eigenvalue weighted by atomic mass is 16.5. The fourth-order valence-corrected chi connectivity index (χ4v) is 0.742. The molecule has 0 aliphatic rings. The summed E-state index contributed by atoms with van der Waals surface area (Å²) in [5.41, 5.74) is 0.633. The van der Waals surface area contributed by atoms with E-state index in [1.165, 1.54) is 13.3 Å². The predicted molar refractivity (Wildman–Crippen MR) is 43.1 cm³/mol. The van der Waals surface area contributed by atoms with Crippen LogP contribution < -0.4 is 0 Å². The van der Waals surface area contributed by atoms with Crippen molar-refractivity contribution in [2.45, 2.75) is 26.6 Å². The third kappa shape index (κ3) is 2.55. The van der Waals surface area contributed by atoms with Crippen LogP contribution in [0.25, 0.3) is 0 Å². The average molecular weight is 185 g/mol. The number of carboxylic acid groups (broad SMARTS) is 1. The maximum absolute atomic E-state index is 10.4. The van der Waals surface area contributed by atoms with Gasteiger partial charge in [-0.25, -0.2) is 9.78 Å². The minimum atomic E-state index is -0.985. The van der Waals surface area contributed by atoms with E-state index in [9.17, 15) is 4.79 Å². The van der Waals surface area contributed by atoms with Crippen molar-refractivity contribution in [1.29, 1.82) is 0 Å². The number of carbonyl (C=O) groups is 1. The second-order valence-electron chi connectivity index (χ2n) is 2.65. The molecule has 0 aliphatic heterocycles. The summed E-state index contributed by atoms with van der Waals surface area (Å²) in [6.45, 7) is 3.38. The van der Waals surface area contributed by atoms with Crippen LogP contribution in [-0.4, -0.2) is 22.2 Å². The maximum Gasteiger partial charge on any atom is 0.332 e. The number of aryl methyl sites for hydroxylation is 1. The van der Waals surface area contributed by atoms with E-state index in [1.54, 1.807) is 6.92 Å². The Balaban J connectivity index is 2.44. The Morgan fingerprint density at radius 1 is 1.85 bits per heavy atom. The molecule has 0 saturated carbocycles. The number of nitrogens with zero attached hydrogens (tertiary/aromatic N) is 1. The molecule has 0 aromatic carbocycles. The van der Waals surface area contributed by atoms with Gasteiger partial charge in [0.25, 0.3) is 0 Å². The minimum Gasteiger partial charge on any atom is -0.479 e. The Hall–Kier alpha value is -1.36. The first-order valence-electron chi connectivity index (χ1n) is 3.84. The largest absolute Gasteiger partial charge is 0.479 e. The van der Waals surface area contributed by atoms with E-state index in [4.69, 9.17) is 14.3 Å². The molecule has 0 aliphatic carbocycles. The zero-order valence-electron chi connectivity index (χ0n) is 7.48. The van der Waals surface area contributed by atoms with Crippen LogP contribution in [0.4, 0.5) is 0 Å². The molecule has 5 nitrogen and oxygen atoms in total. The minimum absolute atomic E-state index is 0.163. The standard InChI is InChI=1S/C8H11NO4/c1-5-7(9-4-13-5)3-12-6(2)8(10)11/h4,6H,3H2,1-2H3,(H,10,11). The molecule has 1 aromatic rings. The smallest absolute Gasteiger partial charge is 0.332 e. The molecule has 0 bridgehead atoms. The first-order chi connectivity index (χ1) is 6.11. The third-order valence-corrected chi connectivity index (χ3v) is 1.66. The van der Waals surface area contributed by atoms with Gasteiger partial charge in [0.2, 0.25) is 0 Å². The Kier molecular flexibility index (Phi) is 3.02. The molecule has 1 aromatic heterocycles. The lowest BCUT2D eigenvalue weighted by Crippen LogP contribution is -2.19. The van der Waals surface area contributed by atoms with Crippen LogP contribution in [0, 0.1) is 6.92 Å². The van der Waals surface area contributed by atoms with Crippen molar-refractivity contribution in [3.63, 3.8) is 0 Å². The summed E-state index contributed by atoms with van der Waals surface area (Å²) < 4.78 is 9.93. The molecule has 5 heteroatoms. The van der Waals surface area contributed by atoms with Gasteiger partial charge in [-0.1, -0.05) is 0 Å². The van der Waals surface area contributed by atoms with Crippen LogP contribution in [-0.2, 0) is 16.1 Å². The van der Waals surface area contributed by atoms with E-state index in [1.807, 2.05) is 0 Å². The average Bonchev–Trinajstić information content (AvgIpc) is 2.47. The van der Waals surface area contributed by atoms with Crippen molar-refractivity contribution in [3.8, 4) is 0 Å². The van der Waals surface area contributed by atoms with E-state index >= 15 is 0 Å². The third-order valence-electron chi connectivity index (χ3n) is 1.66. The quantitative estimate of drug-likeness (QED) is 0.756. The van der Waals surface area contributed by atoms with Crippen LogP contribution in [0.2, 0.25) is 0 Å². The number of hydrogen-bond donors (Lipinski definition) is 1. The highest BCUT2D eigenvalue weighted by Crippen LogP contribution is 2.07. The summed E-state index contributed by atoms with van der Waals surface area (Å²) in [6.07, 6.45) is 0.482. The van der Waals surface area contributed by atoms with Gasteiger partial charge in [-0.2, -0.15) is 0 Å². The van der Waals surface area contributed by atoms with Gasteiger partial charge < -0.3 is 14.3 Å². The monoisotopic (exact) mass is 185 g/mol. The number of rotatable bonds is 4. The van der Waals surface area contributed by atoms with Crippen LogP contribution in [0.3, 0.4) is 0 Å². The number of aromatic nitrogens is 1. The van der Waals surface area contributed by atoms with E-state index < -0.39 is 12.1 Å². The second-order valence-corrected chi connectivity index (χ2v) is 2.65. The first-order valence-corrected chi connectivity index (χ1v) is 3.84. The molecule has 0 radical (unpaired) electrons. The van der Waals surface area contributed by atoms with Crippen LogP contribution >= 0.6 is 0 Å². The lowest BCUT2D eigenvalue weighted by atomic mass is 10.3. The molecule has 0 saturated heterocycles. The van der Waals surface area contributed by atoms with Crippen molar-refractivity contribution in [1.82, 2.24) is 4.98 Å². The molecular formula is C8H11NO4. The lowest BCUT2D eigenvalue weighted by Gasteiger charge is -2.06. The zero-order valence-corrected chi connectivity index (χ0v) is 7.48. The van der Waals surface area contributed by atoms with Gasteiger partial charge in [0.1, 0.15) is 11.5 Å². The van der Waals surface area contributed by atoms with E-state index in [2.05, 4.69) is 4.98 Å². The molecule has 13 heavy (non-hydrogen) atoms. The Bertz CT molecular complexity index is 294. The van der Waals surface area contributed by atoms with E-state index in [0.29, 0.717) is 11.5 Å². The van der Waals surface area contributed by atoms with Gasteiger partial charge in [0, 0.05) is 0 Å². The number of carboxylic acids is 1. The lowest BCUT2D eigenvalue weighted by molar-refractivity contribution is -0.149. The Morgan fingerprint density at radius 3 is 3.00 bits per heavy atom. The summed E-state index contributed by atoms with van der Waals surface area (Å²) in [6, 6.07) is 0. The Morgan fingerprint density at radius 2 is 2.54 bits per heavy atom. The highest BCUT2D eigenvalue weighted by Gasteiger charge is 2.12. The topological polar surface area (TPSA) is 72.6 Å². The first kappa shape index (κ1) is 9.73. The molecule has 1 rings (SSSR count). The van der Waals surface area contributed by atoms with E-state index in [0.717, 1.165) is 0 Å². The van der Waals surface area contributed by atoms with Crippen LogP contribution in [0.15, 0.2) is 10.8 Å². The molecule has 72 valence electrons. The van der Waals surface area contributed by atoms with Crippen LogP contribution in [0.5, 0.6) is 0 Å². The fraction of sp³-hybridized carbons (Fsp3) is 0.500. The summed E-state index contributed by atoms with van der Waals surface area (Å²) in [7, 11) is 0. The van der Waals surface area contributed by atoms with Gasteiger partial charge in [-0.05, 0) is 13.8 Å². The number of oxazole rings is 1. The Labute approximate surface area is 75.3 Å². The second kappa shape index (κ2) is 4.04. The fourth-order valence-electron chi connectivity index (χ4n) is 0.742. The summed E-state index contributed by atoms with van der Waals surface area (Å²) in [5.74, 6) is -0.335. The molecule has 1 atom stereocenters. The number of ether oxygens (including phenoxy) is 1. The molecule has 0 fully saturated rings. The van der Waals surface area contributed by atoms with Crippen molar-refractivity contribution in [3.05, 3.63) is 17.8 Å². The molecule has 1 N–H and O–H groups in total. The molecule has 0 spiro atoms. The molecular weight excluding hydrogens is 174 g/mol. The highest BCUT2D eigenvalue weighted by molar-refractivity contribution is 5.71. The van der Waals surface area contributed by atoms with Gasteiger partial charge in [0.05, 0.1) is 6.61 Å². The van der Waals surface area contributed by atoms with Crippen molar-refractivity contribution < 1.29 is 19.1 Å². The van der Waals surface area contributed by atoms with Gasteiger partial charge in [-0.15, -0.1) is 0 Å². The van der Waals surface area contributed by atoms with E-state index in [-0.39, 0.29) is 6.61 Å². The number of aliphatic carboxylic acids is 1. The van der Waals surface area contributed by atoms with Gasteiger partial charge in [0.15, 0.2) is 12.5 Å². The van der Waals surface area contributed by atoms with Gasteiger partial charge >= 0.3 is 5.97 Å². The predicted octanol–water partition coefficient (Wildman–Crippen LogP) is 0.973. The maximum atomic E-state index is 10.4. The summed E-state index contributed by atoms with van der Waals surface area (Å²) in [4.78, 5) is 14.2. The number of hydrogen-bond acceptors (Lipinski definition) is 4. The summed E-state index contributed by atoms with van der Waals surface area (Å²) in [5, 5.41) is 8.51.